The highest BCUT2D eigenvalue weighted by atomic mass is 35.5. The predicted octanol–water partition coefficient (Wildman–Crippen LogP) is 5.38. The molecule has 0 aliphatic heterocycles. The molecule has 0 atom stereocenters. The van der Waals surface area contributed by atoms with Gasteiger partial charge in [0.2, 0.25) is 0 Å². The molecule has 0 fully saturated rings. The lowest BCUT2D eigenvalue weighted by Gasteiger charge is -2.11. The van der Waals surface area contributed by atoms with E-state index in [4.69, 9.17) is 16.3 Å². The molecule has 0 amide bonds. The summed E-state index contributed by atoms with van der Waals surface area (Å²) < 4.78 is 7.26. The molecule has 0 saturated carbocycles. The van der Waals surface area contributed by atoms with Crippen LogP contribution >= 0.6 is 11.6 Å². The molecular weight excluding hydrogens is 424 g/mol. The zero-order valence-corrected chi connectivity index (χ0v) is 17.8. The van der Waals surface area contributed by atoms with Crippen molar-refractivity contribution in [3.8, 4) is 5.75 Å². The molecule has 32 heavy (non-hydrogen) atoms. The number of hydrogen-bond donors (Lipinski definition) is 0. The summed E-state index contributed by atoms with van der Waals surface area (Å²) in [4.78, 5) is 29.1. The normalized spacial score (nSPS) is 11.4. The van der Waals surface area contributed by atoms with Crippen molar-refractivity contribution < 1.29 is 9.53 Å². The van der Waals surface area contributed by atoms with Crippen LogP contribution in [0, 0.1) is 0 Å². The summed E-state index contributed by atoms with van der Waals surface area (Å²) in [7, 11) is 0. The van der Waals surface area contributed by atoms with Gasteiger partial charge in [0.15, 0.2) is 12.5 Å². The summed E-state index contributed by atoms with van der Waals surface area (Å²) in [5.74, 6) is 0.392. The van der Waals surface area contributed by atoms with E-state index < -0.39 is 0 Å². The maximum atomic E-state index is 12.6. The van der Waals surface area contributed by atoms with Crippen molar-refractivity contribution in [1.82, 2.24) is 9.55 Å². The molecule has 4 rings (SSSR count). The molecule has 5 nitrogen and oxygen atoms in total. The molecule has 0 saturated heterocycles. The van der Waals surface area contributed by atoms with Crippen LogP contribution in [0.5, 0.6) is 5.75 Å². The maximum Gasteiger partial charge on any atom is 0.263 e. The van der Waals surface area contributed by atoms with E-state index >= 15 is 0 Å². The average molecular weight is 443 g/mol. The standard InChI is InChI=1S/C26H19ClN2O3/c27-21-13-9-19(10-14-21)11-15-22(30)16-12-20-5-1-4-8-25(20)32-18-29-17-28-24-7-3-2-6-23(24)26(29)31/h1-17H,18H2/b15-11+,16-12+. The molecule has 0 unspecified atom stereocenters. The van der Waals surface area contributed by atoms with Crippen LogP contribution in [0.3, 0.4) is 0 Å². The number of carbonyl (C=O) groups excluding carboxylic acids is 1. The summed E-state index contributed by atoms with van der Waals surface area (Å²) in [5, 5.41) is 1.18. The third kappa shape index (κ3) is 5.20. The molecule has 0 N–H and O–H groups in total. The van der Waals surface area contributed by atoms with Crippen LogP contribution in [0.1, 0.15) is 11.1 Å². The molecule has 6 heteroatoms. The van der Waals surface area contributed by atoms with Crippen molar-refractivity contribution in [1.29, 1.82) is 0 Å². The number of hydrogen-bond acceptors (Lipinski definition) is 4. The van der Waals surface area contributed by atoms with E-state index in [1.165, 1.54) is 23.0 Å². The molecule has 158 valence electrons. The number of ketones is 1. The zero-order valence-electron chi connectivity index (χ0n) is 17.0. The number of benzene rings is 3. The molecule has 3 aromatic carbocycles. The van der Waals surface area contributed by atoms with Gasteiger partial charge in [0, 0.05) is 10.6 Å². The molecule has 0 aliphatic carbocycles. The molecule has 1 heterocycles. The number of nitrogens with zero attached hydrogens (tertiary/aromatic N) is 2. The summed E-state index contributed by atoms with van der Waals surface area (Å²) in [6.45, 7) is 0.00589. The Morgan fingerprint density at radius 2 is 1.66 bits per heavy atom. The minimum absolute atomic E-state index is 0.00589. The molecule has 1 aromatic heterocycles. The number of aromatic nitrogens is 2. The van der Waals surface area contributed by atoms with E-state index in [1.54, 1.807) is 48.6 Å². The van der Waals surface area contributed by atoms with Gasteiger partial charge in [0.05, 0.1) is 10.9 Å². The van der Waals surface area contributed by atoms with Crippen molar-refractivity contribution in [3.05, 3.63) is 118 Å². The van der Waals surface area contributed by atoms with Crippen LogP contribution in [-0.2, 0) is 11.5 Å². The molecule has 0 spiro atoms. The first kappa shape index (κ1) is 21.3. The average Bonchev–Trinajstić information content (AvgIpc) is 2.82. The van der Waals surface area contributed by atoms with Gasteiger partial charge in [-0.25, -0.2) is 4.98 Å². The van der Waals surface area contributed by atoms with E-state index in [0.29, 0.717) is 21.7 Å². The lowest BCUT2D eigenvalue weighted by Crippen LogP contribution is -2.23. The Hall–Kier alpha value is -3.96. The Morgan fingerprint density at radius 3 is 2.50 bits per heavy atom. The third-order valence-corrected chi connectivity index (χ3v) is 5.00. The number of carbonyl (C=O) groups is 1. The van der Waals surface area contributed by atoms with Gasteiger partial charge in [-0.1, -0.05) is 60.1 Å². The first-order valence-electron chi connectivity index (χ1n) is 9.92. The monoisotopic (exact) mass is 442 g/mol. The van der Waals surface area contributed by atoms with Gasteiger partial charge in [0.25, 0.3) is 5.56 Å². The van der Waals surface area contributed by atoms with Gasteiger partial charge in [0.1, 0.15) is 12.1 Å². The van der Waals surface area contributed by atoms with E-state index in [2.05, 4.69) is 4.98 Å². The Balaban J connectivity index is 1.46. The maximum absolute atomic E-state index is 12.6. The number of rotatable bonds is 7. The van der Waals surface area contributed by atoms with Crippen LogP contribution in [0.4, 0.5) is 0 Å². The van der Waals surface area contributed by atoms with E-state index in [-0.39, 0.29) is 18.1 Å². The quantitative estimate of drug-likeness (QED) is 0.360. The Labute approximate surface area is 189 Å². The first-order valence-corrected chi connectivity index (χ1v) is 10.3. The largest absolute Gasteiger partial charge is 0.472 e. The van der Waals surface area contributed by atoms with Crippen LogP contribution < -0.4 is 10.3 Å². The second kappa shape index (κ2) is 9.90. The lowest BCUT2D eigenvalue weighted by atomic mass is 10.1. The summed E-state index contributed by atoms with van der Waals surface area (Å²) in [6, 6.07) is 21.7. The van der Waals surface area contributed by atoms with E-state index in [0.717, 1.165) is 11.1 Å². The molecule has 0 aliphatic rings. The summed E-state index contributed by atoms with van der Waals surface area (Å²) in [6.07, 6.45) is 7.84. The topological polar surface area (TPSA) is 61.2 Å². The van der Waals surface area contributed by atoms with Crippen LogP contribution in [0.15, 0.2) is 96.1 Å². The molecule has 0 radical (unpaired) electrons. The molecular formula is C26H19ClN2O3. The minimum Gasteiger partial charge on any atom is -0.472 e. The Bertz CT molecular complexity index is 1370. The van der Waals surface area contributed by atoms with Crippen molar-refractivity contribution in [2.45, 2.75) is 6.73 Å². The van der Waals surface area contributed by atoms with Crippen LogP contribution in [0.25, 0.3) is 23.1 Å². The SMILES string of the molecule is O=C(/C=C/c1ccc(Cl)cc1)/C=C/c1ccccc1OCn1cnc2ccccc2c1=O. The lowest BCUT2D eigenvalue weighted by molar-refractivity contribution is -0.110. The van der Waals surface area contributed by atoms with Crippen molar-refractivity contribution in [3.63, 3.8) is 0 Å². The molecule has 0 bridgehead atoms. The number of ether oxygens (including phenoxy) is 1. The van der Waals surface area contributed by atoms with Gasteiger partial charge >= 0.3 is 0 Å². The van der Waals surface area contributed by atoms with Gasteiger partial charge in [-0.15, -0.1) is 0 Å². The van der Waals surface area contributed by atoms with Gasteiger partial charge < -0.3 is 4.74 Å². The number of halogens is 1. The van der Waals surface area contributed by atoms with Crippen LogP contribution in [0.2, 0.25) is 5.02 Å². The first-order chi connectivity index (χ1) is 15.6. The number of para-hydroxylation sites is 2. The highest BCUT2D eigenvalue weighted by Crippen LogP contribution is 2.20. The smallest absolute Gasteiger partial charge is 0.263 e. The fourth-order valence-electron chi connectivity index (χ4n) is 3.07. The van der Waals surface area contributed by atoms with Gasteiger partial charge in [-0.05, 0) is 54.1 Å². The van der Waals surface area contributed by atoms with E-state index in [9.17, 15) is 9.59 Å². The fraction of sp³-hybridized carbons (Fsp3) is 0.0385. The van der Waals surface area contributed by atoms with Crippen LogP contribution in [-0.4, -0.2) is 15.3 Å². The predicted molar refractivity (Wildman–Crippen MR) is 128 cm³/mol. The zero-order chi connectivity index (χ0) is 22.3. The summed E-state index contributed by atoms with van der Waals surface area (Å²) in [5.41, 5.74) is 2.07. The second-order valence-corrected chi connectivity index (χ2v) is 7.40. The summed E-state index contributed by atoms with van der Waals surface area (Å²) >= 11 is 5.87. The third-order valence-electron chi connectivity index (χ3n) is 4.75. The van der Waals surface area contributed by atoms with Gasteiger partial charge in [-0.2, -0.15) is 0 Å². The Morgan fingerprint density at radius 1 is 0.938 bits per heavy atom. The fourth-order valence-corrected chi connectivity index (χ4v) is 3.19. The highest BCUT2D eigenvalue weighted by Gasteiger charge is 2.05. The molecule has 4 aromatic rings. The van der Waals surface area contributed by atoms with Crippen molar-refractivity contribution >= 4 is 40.4 Å². The van der Waals surface area contributed by atoms with Crippen molar-refractivity contribution in [2.75, 3.05) is 0 Å². The van der Waals surface area contributed by atoms with E-state index in [1.807, 2.05) is 36.4 Å². The number of fused-ring (bicyclic) bond motifs is 1. The Kier molecular flexibility index (Phi) is 6.58. The van der Waals surface area contributed by atoms with Crippen molar-refractivity contribution in [2.24, 2.45) is 0 Å². The highest BCUT2D eigenvalue weighted by molar-refractivity contribution is 6.30. The number of allylic oxidation sites excluding steroid dienone is 2. The minimum atomic E-state index is -0.175. The van der Waals surface area contributed by atoms with Gasteiger partial charge in [-0.3, -0.25) is 14.2 Å². The second-order valence-electron chi connectivity index (χ2n) is 6.97.